The van der Waals surface area contributed by atoms with Gasteiger partial charge >= 0.3 is 6.85 Å². The van der Waals surface area contributed by atoms with E-state index in [2.05, 4.69) is 183 Å². The molecule has 0 saturated heterocycles. The molecule has 6 aromatic carbocycles. The third-order valence-corrected chi connectivity index (χ3v) is 17.2. The molecular weight excluding hydrogens is 751 g/mol. The number of para-hydroxylation sites is 1. The fourth-order valence-corrected chi connectivity index (χ4v) is 13.4. The van der Waals surface area contributed by atoms with Crippen LogP contribution in [-0.4, -0.2) is 12.4 Å². The molecule has 0 N–H and O–H groups in total. The van der Waals surface area contributed by atoms with Gasteiger partial charge in [0.2, 0.25) is 0 Å². The van der Waals surface area contributed by atoms with Gasteiger partial charge < -0.3 is 14.1 Å². The predicted octanol–water partition coefficient (Wildman–Crippen LogP) is 14.5. The second-order valence-electron chi connectivity index (χ2n) is 22.8. The second kappa shape index (κ2) is 12.3. The topological polar surface area (TPSA) is 19.6 Å². The molecular formula is C58H61BN2O. The van der Waals surface area contributed by atoms with E-state index in [1.165, 1.54) is 133 Å². The molecule has 62 heavy (non-hydrogen) atoms. The molecule has 3 nitrogen and oxygen atoms in total. The van der Waals surface area contributed by atoms with Gasteiger partial charge in [-0.3, -0.25) is 0 Å². The minimum atomic E-state index is -0.0702. The maximum atomic E-state index is 7.08. The lowest BCUT2D eigenvalue weighted by atomic mass is 9.43. The zero-order valence-electron chi connectivity index (χ0n) is 38.9. The van der Waals surface area contributed by atoms with Gasteiger partial charge in [0.05, 0.1) is 5.54 Å². The number of hydrogen-bond donors (Lipinski definition) is 0. The molecule has 1 fully saturated rings. The van der Waals surface area contributed by atoms with Crippen LogP contribution < -0.4 is 20.6 Å². The number of nitrogens with zero attached hydrogens (tertiary/aromatic N) is 2. The van der Waals surface area contributed by atoms with Crippen molar-refractivity contribution >= 4 is 62.5 Å². The highest BCUT2D eigenvalue weighted by atomic mass is 16.3. The average molecular weight is 813 g/mol. The van der Waals surface area contributed by atoms with E-state index in [0.29, 0.717) is 0 Å². The van der Waals surface area contributed by atoms with Crippen molar-refractivity contribution in [3.8, 4) is 22.3 Å². The molecule has 0 spiro atoms. The number of rotatable bonds is 2. The molecule has 5 aliphatic rings. The van der Waals surface area contributed by atoms with Crippen molar-refractivity contribution in [2.75, 3.05) is 9.71 Å². The van der Waals surface area contributed by atoms with Gasteiger partial charge in [-0.1, -0.05) is 117 Å². The van der Waals surface area contributed by atoms with Crippen LogP contribution in [0.2, 0.25) is 0 Å². The Labute approximate surface area is 369 Å². The van der Waals surface area contributed by atoms with Gasteiger partial charge in [0.15, 0.2) is 0 Å². The van der Waals surface area contributed by atoms with Gasteiger partial charge in [-0.05, 0) is 166 Å². The maximum absolute atomic E-state index is 7.08. The molecule has 2 unspecified atom stereocenters. The molecule has 0 bridgehead atoms. The van der Waals surface area contributed by atoms with Crippen molar-refractivity contribution in [2.24, 2.45) is 0 Å². The molecule has 7 aromatic rings. The Balaban J connectivity index is 1.24. The SMILES string of the molecule is Cc1cccc(C)c1-c1cc2c3c(c1)N1c4c(cc(C(C)(C)C)cc4C4(C)CCCCC14C)B3N(c1ccccc1)c1cc3oc4cc5c(cc4c3cc1-2)C(C)(C)CCC5(C)C. The maximum Gasteiger partial charge on any atom is 0.333 e. The Morgan fingerprint density at radius 1 is 0.613 bits per heavy atom. The van der Waals surface area contributed by atoms with Crippen molar-refractivity contribution in [2.45, 2.75) is 142 Å². The Kier molecular flexibility index (Phi) is 7.62. The Morgan fingerprint density at radius 2 is 1.27 bits per heavy atom. The summed E-state index contributed by atoms with van der Waals surface area (Å²) in [6.07, 6.45) is 7.26. The summed E-state index contributed by atoms with van der Waals surface area (Å²) in [7, 11) is 0. The number of benzene rings is 6. The van der Waals surface area contributed by atoms with E-state index < -0.39 is 0 Å². The van der Waals surface area contributed by atoms with E-state index in [1.54, 1.807) is 5.56 Å². The zero-order valence-corrected chi connectivity index (χ0v) is 38.9. The number of fused-ring (bicyclic) bond motifs is 11. The zero-order chi connectivity index (χ0) is 43.0. The molecule has 312 valence electrons. The minimum Gasteiger partial charge on any atom is -0.456 e. The molecule has 4 heteroatoms. The number of anilines is 4. The van der Waals surface area contributed by atoms with Gasteiger partial charge in [0.25, 0.3) is 0 Å². The second-order valence-corrected chi connectivity index (χ2v) is 22.8. The van der Waals surface area contributed by atoms with Crippen molar-refractivity contribution in [1.82, 2.24) is 0 Å². The summed E-state index contributed by atoms with van der Waals surface area (Å²) in [5.41, 5.74) is 24.1. The fourth-order valence-electron chi connectivity index (χ4n) is 13.4. The first kappa shape index (κ1) is 38.5. The third-order valence-electron chi connectivity index (χ3n) is 17.2. The van der Waals surface area contributed by atoms with Gasteiger partial charge in [0.1, 0.15) is 11.2 Å². The summed E-state index contributed by atoms with van der Waals surface area (Å²) in [5, 5.41) is 2.44. The van der Waals surface area contributed by atoms with Crippen LogP contribution in [0.4, 0.5) is 22.7 Å². The molecule has 1 aromatic heterocycles. The van der Waals surface area contributed by atoms with E-state index in [1.807, 2.05) is 0 Å². The van der Waals surface area contributed by atoms with Crippen LogP contribution in [0.25, 0.3) is 44.2 Å². The van der Waals surface area contributed by atoms with Crippen LogP contribution in [0.1, 0.15) is 134 Å². The van der Waals surface area contributed by atoms with Crippen molar-refractivity contribution in [1.29, 1.82) is 0 Å². The van der Waals surface area contributed by atoms with Crippen molar-refractivity contribution in [3.05, 3.63) is 130 Å². The van der Waals surface area contributed by atoms with Crippen LogP contribution in [0, 0.1) is 13.8 Å². The first-order valence-electron chi connectivity index (χ1n) is 23.5. The number of aryl methyl sites for hydroxylation is 2. The van der Waals surface area contributed by atoms with Gasteiger partial charge in [-0.15, -0.1) is 0 Å². The summed E-state index contributed by atoms with van der Waals surface area (Å²) in [6.45, 7) is 26.7. The average Bonchev–Trinajstić information content (AvgIpc) is 3.68. The molecule has 3 aliphatic heterocycles. The Morgan fingerprint density at radius 3 is 1.98 bits per heavy atom. The Hall–Kier alpha value is -5.22. The van der Waals surface area contributed by atoms with E-state index >= 15 is 0 Å². The highest BCUT2D eigenvalue weighted by molar-refractivity contribution is 6.93. The van der Waals surface area contributed by atoms with E-state index in [0.717, 1.165) is 11.2 Å². The molecule has 2 aliphatic carbocycles. The van der Waals surface area contributed by atoms with Gasteiger partial charge in [-0.2, -0.15) is 0 Å². The molecule has 12 rings (SSSR count). The summed E-state index contributed by atoms with van der Waals surface area (Å²) in [5.74, 6) is 0. The van der Waals surface area contributed by atoms with Crippen molar-refractivity contribution in [3.63, 3.8) is 0 Å². The Bertz CT molecular complexity index is 3070. The number of hydrogen-bond acceptors (Lipinski definition) is 3. The fraction of sp³-hybridized carbons (Fsp3) is 0.379. The third kappa shape index (κ3) is 4.90. The van der Waals surface area contributed by atoms with Gasteiger partial charge in [0, 0.05) is 50.6 Å². The molecule has 2 atom stereocenters. The summed E-state index contributed by atoms with van der Waals surface area (Å²) in [4.78, 5) is 5.58. The smallest absolute Gasteiger partial charge is 0.333 e. The van der Waals surface area contributed by atoms with Crippen LogP contribution in [-0.2, 0) is 21.7 Å². The normalized spacial score (nSPS) is 22.7. The summed E-state index contributed by atoms with van der Waals surface area (Å²) in [6, 6.07) is 38.3. The standard InChI is InChI=1S/C58H61BN2O/c1-34-18-17-19-35(2)51(34)36-26-42-39-30-40-41-31-43-44(56(8,9)25-24-55(43,6)7)32-49(41)62-50(40)33-47(39)61(38-20-13-12-14-21-38)59-46-29-37(54(3,4)5)28-45-53(46)60(48(27-36)52(42)59)58(11)23-16-15-22-57(45,58)10/h12-14,17-21,26-33H,15-16,22-25H2,1-11H3. The highest BCUT2D eigenvalue weighted by Gasteiger charge is 2.62. The first-order chi connectivity index (χ1) is 29.4. The molecule has 4 heterocycles. The summed E-state index contributed by atoms with van der Waals surface area (Å²) >= 11 is 0. The lowest BCUT2D eigenvalue weighted by Gasteiger charge is -2.53. The first-order valence-corrected chi connectivity index (χ1v) is 23.5. The minimum absolute atomic E-state index is 0.0101. The summed E-state index contributed by atoms with van der Waals surface area (Å²) < 4.78 is 7.08. The van der Waals surface area contributed by atoms with E-state index in [9.17, 15) is 0 Å². The van der Waals surface area contributed by atoms with Crippen molar-refractivity contribution < 1.29 is 4.42 Å². The van der Waals surface area contributed by atoms with E-state index in [-0.39, 0.29) is 34.0 Å². The van der Waals surface area contributed by atoms with Crippen LogP contribution >= 0.6 is 0 Å². The van der Waals surface area contributed by atoms with Crippen LogP contribution in [0.3, 0.4) is 0 Å². The van der Waals surface area contributed by atoms with E-state index in [4.69, 9.17) is 4.42 Å². The lowest BCUT2D eigenvalue weighted by molar-refractivity contribution is 0.195. The molecule has 0 radical (unpaired) electrons. The quantitative estimate of drug-likeness (QED) is 0.162. The van der Waals surface area contributed by atoms with Crippen LogP contribution in [0.5, 0.6) is 0 Å². The highest BCUT2D eigenvalue weighted by Crippen LogP contribution is 2.63. The monoisotopic (exact) mass is 812 g/mol. The lowest BCUT2D eigenvalue weighted by Crippen LogP contribution is -2.64. The number of furan rings is 1. The predicted molar refractivity (Wildman–Crippen MR) is 264 cm³/mol. The molecule has 0 amide bonds. The largest absolute Gasteiger partial charge is 0.456 e. The van der Waals surface area contributed by atoms with Gasteiger partial charge in [-0.25, -0.2) is 0 Å². The van der Waals surface area contributed by atoms with Crippen LogP contribution in [0.15, 0.2) is 101 Å². The molecule has 1 saturated carbocycles.